The highest BCUT2D eigenvalue weighted by atomic mass is 16.2. The van der Waals surface area contributed by atoms with Gasteiger partial charge < -0.3 is 15.6 Å². The summed E-state index contributed by atoms with van der Waals surface area (Å²) in [6.45, 7) is 1.39. The lowest BCUT2D eigenvalue weighted by atomic mass is 10.5. The van der Waals surface area contributed by atoms with Gasteiger partial charge in [0.1, 0.15) is 0 Å². The molecule has 0 aliphatic carbocycles. The van der Waals surface area contributed by atoms with Gasteiger partial charge in [-0.05, 0) is 0 Å². The van der Waals surface area contributed by atoms with E-state index in [1.54, 1.807) is 12.5 Å². The highest BCUT2D eigenvalue weighted by molar-refractivity contribution is 5.94. The van der Waals surface area contributed by atoms with E-state index in [9.17, 15) is 9.59 Å². The molecule has 1 aromatic rings. The van der Waals surface area contributed by atoms with Gasteiger partial charge in [-0.2, -0.15) is 0 Å². The maximum absolute atomic E-state index is 10.9. The van der Waals surface area contributed by atoms with Crippen LogP contribution in [0.1, 0.15) is 0 Å². The van der Waals surface area contributed by atoms with Crippen molar-refractivity contribution in [2.45, 2.75) is 6.54 Å². The molecule has 1 aromatic heterocycles. The number of nitrogens with one attached hydrogen (secondary N) is 2. The van der Waals surface area contributed by atoms with Crippen LogP contribution in [0.5, 0.6) is 0 Å². The topological polar surface area (TPSA) is 102 Å². The molecule has 0 saturated carbocycles. The van der Waals surface area contributed by atoms with Crippen LogP contribution < -0.4 is 16.4 Å². The average molecular weight is 211 g/mol. The number of rotatable bonds is 5. The largest absolute Gasteiger partial charge is 0.351 e. The molecule has 0 bridgehead atoms. The van der Waals surface area contributed by atoms with Crippen LogP contribution in [0, 0.1) is 0 Å². The Hall–Kier alpha value is -1.89. The van der Waals surface area contributed by atoms with Gasteiger partial charge in [0.05, 0.1) is 12.9 Å². The number of imide groups is 1. The number of amides is 3. The number of hydrogen-bond acceptors (Lipinski definition) is 4. The molecular formula is C8H13N5O2. The number of primary amides is 1. The smallest absolute Gasteiger partial charge is 0.318 e. The van der Waals surface area contributed by atoms with Gasteiger partial charge >= 0.3 is 6.03 Å². The lowest BCUT2D eigenvalue weighted by molar-refractivity contribution is -0.119. The van der Waals surface area contributed by atoms with Gasteiger partial charge in [0, 0.05) is 25.5 Å². The minimum absolute atomic E-state index is 0.0671. The molecule has 1 rings (SSSR count). The minimum atomic E-state index is -0.837. The van der Waals surface area contributed by atoms with Crippen molar-refractivity contribution in [1.29, 1.82) is 0 Å². The molecule has 3 amide bonds. The van der Waals surface area contributed by atoms with E-state index in [-0.39, 0.29) is 6.54 Å². The monoisotopic (exact) mass is 211 g/mol. The van der Waals surface area contributed by atoms with Crippen LogP contribution in [0.15, 0.2) is 18.7 Å². The lowest BCUT2D eigenvalue weighted by Gasteiger charge is -2.04. The SMILES string of the molecule is NC(=O)NC(=O)CNCCn1ccnc1. The first-order valence-corrected chi connectivity index (χ1v) is 4.44. The summed E-state index contributed by atoms with van der Waals surface area (Å²) >= 11 is 0. The van der Waals surface area contributed by atoms with Crippen molar-refractivity contribution < 1.29 is 9.59 Å². The highest BCUT2D eigenvalue weighted by Gasteiger charge is 2.02. The number of carbonyl (C=O) groups is 2. The van der Waals surface area contributed by atoms with Crippen LogP contribution >= 0.6 is 0 Å². The summed E-state index contributed by atoms with van der Waals surface area (Å²) in [5.74, 6) is -0.437. The third-order valence-corrected chi connectivity index (χ3v) is 1.65. The summed E-state index contributed by atoms with van der Waals surface area (Å²) < 4.78 is 1.87. The van der Waals surface area contributed by atoms with Crippen LogP contribution in [0.2, 0.25) is 0 Å². The molecule has 0 fully saturated rings. The molecule has 1 heterocycles. The molecule has 0 atom stereocenters. The van der Waals surface area contributed by atoms with Crippen LogP contribution in [0.25, 0.3) is 0 Å². The van der Waals surface area contributed by atoms with Gasteiger partial charge in [0.15, 0.2) is 0 Å². The van der Waals surface area contributed by atoms with E-state index in [2.05, 4.69) is 10.3 Å². The normalized spacial score (nSPS) is 9.87. The van der Waals surface area contributed by atoms with Crippen LogP contribution in [-0.4, -0.2) is 34.6 Å². The molecule has 0 unspecified atom stereocenters. The molecule has 0 spiro atoms. The number of nitrogens with two attached hydrogens (primary N) is 1. The fraction of sp³-hybridized carbons (Fsp3) is 0.375. The number of urea groups is 1. The Labute approximate surface area is 86.7 Å². The van der Waals surface area contributed by atoms with E-state index < -0.39 is 11.9 Å². The number of carbonyl (C=O) groups excluding carboxylic acids is 2. The quantitative estimate of drug-likeness (QED) is 0.525. The molecule has 4 N–H and O–H groups in total. The molecule has 0 radical (unpaired) electrons. The zero-order valence-corrected chi connectivity index (χ0v) is 8.14. The van der Waals surface area contributed by atoms with Crippen molar-refractivity contribution in [3.05, 3.63) is 18.7 Å². The second-order valence-electron chi connectivity index (χ2n) is 2.89. The third kappa shape index (κ3) is 4.77. The number of nitrogens with zero attached hydrogens (tertiary/aromatic N) is 2. The van der Waals surface area contributed by atoms with Crippen molar-refractivity contribution in [2.24, 2.45) is 5.73 Å². The van der Waals surface area contributed by atoms with Crippen LogP contribution in [0.4, 0.5) is 4.79 Å². The summed E-state index contributed by atoms with van der Waals surface area (Å²) in [7, 11) is 0. The van der Waals surface area contributed by atoms with E-state index in [4.69, 9.17) is 5.73 Å². The standard InChI is InChI=1S/C8H13N5O2/c9-8(15)12-7(14)5-10-1-3-13-4-2-11-6-13/h2,4,6,10H,1,3,5H2,(H3,9,12,14,15). The second-order valence-corrected chi connectivity index (χ2v) is 2.89. The van der Waals surface area contributed by atoms with Crippen molar-refractivity contribution in [3.63, 3.8) is 0 Å². The predicted octanol–water partition coefficient (Wildman–Crippen LogP) is -1.33. The molecule has 0 aliphatic rings. The van der Waals surface area contributed by atoms with Crippen molar-refractivity contribution in [3.8, 4) is 0 Å². The molecule has 0 saturated heterocycles. The Kier molecular flexibility index (Phi) is 4.30. The van der Waals surface area contributed by atoms with Crippen LogP contribution in [-0.2, 0) is 11.3 Å². The molecule has 7 nitrogen and oxygen atoms in total. The van der Waals surface area contributed by atoms with E-state index >= 15 is 0 Å². The van der Waals surface area contributed by atoms with E-state index in [1.807, 2.05) is 16.1 Å². The average Bonchev–Trinajstić information content (AvgIpc) is 2.63. The van der Waals surface area contributed by atoms with Crippen molar-refractivity contribution >= 4 is 11.9 Å². The van der Waals surface area contributed by atoms with Gasteiger partial charge in [-0.1, -0.05) is 0 Å². The number of aromatic nitrogens is 2. The Morgan fingerprint density at radius 1 is 1.47 bits per heavy atom. The molecule has 7 heteroatoms. The molecule has 15 heavy (non-hydrogen) atoms. The number of hydrogen-bond donors (Lipinski definition) is 3. The first kappa shape index (κ1) is 11.2. The molecular weight excluding hydrogens is 198 g/mol. The zero-order chi connectivity index (χ0) is 11.1. The van der Waals surface area contributed by atoms with Crippen molar-refractivity contribution in [2.75, 3.05) is 13.1 Å². The van der Waals surface area contributed by atoms with Gasteiger partial charge in [-0.3, -0.25) is 10.1 Å². The van der Waals surface area contributed by atoms with Crippen LogP contribution in [0.3, 0.4) is 0 Å². The number of imidazole rings is 1. The van der Waals surface area contributed by atoms with E-state index in [0.29, 0.717) is 13.1 Å². The Balaban J connectivity index is 2.06. The first-order valence-electron chi connectivity index (χ1n) is 4.44. The van der Waals surface area contributed by atoms with Gasteiger partial charge in [0.25, 0.3) is 0 Å². The summed E-state index contributed by atoms with van der Waals surface area (Å²) in [4.78, 5) is 25.1. The Morgan fingerprint density at radius 2 is 2.27 bits per heavy atom. The summed E-state index contributed by atoms with van der Waals surface area (Å²) in [5.41, 5.74) is 4.76. The fourth-order valence-corrected chi connectivity index (χ4v) is 1.01. The predicted molar refractivity (Wildman–Crippen MR) is 52.8 cm³/mol. The molecule has 0 aliphatic heterocycles. The minimum Gasteiger partial charge on any atom is -0.351 e. The van der Waals surface area contributed by atoms with E-state index in [1.165, 1.54) is 0 Å². The summed E-state index contributed by atoms with van der Waals surface area (Å²) in [6.07, 6.45) is 5.19. The summed E-state index contributed by atoms with van der Waals surface area (Å²) in [5, 5.41) is 4.82. The molecule has 82 valence electrons. The second kappa shape index (κ2) is 5.76. The van der Waals surface area contributed by atoms with Crippen molar-refractivity contribution in [1.82, 2.24) is 20.2 Å². The molecule has 0 aromatic carbocycles. The Bertz CT molecular complexity index is 322. The lowest BCUT2D eigenvalue weighted by Crippen LogP contribution is -2.41. The Morgan fingerprint density at radius 3 is 2.87 bits per heavy atom. The first-order chi connectivity index (χ1) is 7.18. The zero-order valence-electron chi connectivity index (χ0n) is 8.14. The third-order valence-electron chi connectivity index (χ3n) is 1.65. The summed E-state index contributed by atoms with van der Waals surface area (Å²) in [6, 6.07) is -0.837. The maximum Gasteiger partial charge on any atom is 0.318 e. The highest BCUT2D eigenvalue weighted by Crippen LogP contribution is 1.83. The van der Waals surface area contributed by atoms with Gasteiger partial charge in [-0.15, -0.1) is 0 Å². The fourth-order valence-electron chi connectivity index (χ4n) is 1.01. The van der Waals surface area contributed by atoms with Gasteiger partial charge in [-0.25, -0.2) is 9.78 Å². The maximum atomic E-state index is 10.9. The van der Waals surface area contributed by atoms with Gasteiger partial charge in [0.2, 0.25) is 5.91 Å². The van der Waals surface area contributed by atoms with E-state index in [0.717, 1.165) is 0 Å².